The molecule has 1 aliphatic rings. The van der Waals surface area contributed by atoms with E-state index in [0.29, 0.717) is 0 Å². The number of benzene rings is 1. The van der Waals surface area contributed by atoms with Gasteiger partial charge in [-0.3, -0.25) is 14.4 Å². The highest BCUT2D eigenvalue weighted by molar-refractivity contribution is 14.2. The van der Waals surface area contributed by atoms with Gasteiger partial charge >= 0.3 is 0 Å². The van der Waals surface area contributed by atoms with E-state index < -0.39 is 67.5 Å². The molecule has 0 fully saturated rings. The first kappa shape index (κ1) is 27.5. The number of carbonyl (C=O) groups is 2. The Bertz CT molecular complexity index is 1030. The van der Waals surface area contributed by atoms with Crippen LogP contribution in [0, 0.1) is 17.6 Å². The Hall–Kier alpha value is -2.78. The Morgan fingerprint density at radius 3 is 2.68 bits per heavy atom. The fourth-order valence-corrected chi connectivity index (χ4v) is 3.82. The fourth-order valence-electron chi connectivity index (χ4n) is 2.39. The van der Waals surface area contributed by atoms with Crippen molar-refractivity contribution in [3.05, 3.63) is 50.5 Å². The van der Waals surface area contributed by atoms with E-state index in [1.165, 1.54) is 10.1 Å². The molecule has 1 aliphatic heterocycles. The molecule has 13 heteroatoms. The second kappa shape index (κ2) is 13.8. The highest BCUT2D eigenvalue weighted by Gasteiger charge is 2.24. The summed E-state index contributed by atoms with van der Waals surface area (Å²) in [7, 11) is 0. The summed E-state index contributed by atoms with van der Waals surface area (Å²) in [6, 6.07) is 0.980. The maximum absolute atomic E-state index is 14.9. The zero-order valence-electron chi connectivity index (χ0n) is 18.3. The van der Waals surface area contributed by atoms with Gasteiger partial charge in [-0.15, -0.1) is 0 Å². The van der Waals surface area contributed by atoms with E-state index in [4.69, 9.17) is 14.8 Å². The number of nitrogens with one attached hydrogen (secondary N) is 3. The van der Waals surface area contributed by atoms with Crippen LogP contribution in [0.5, 0.6) is 0 Å². The number of carbonyl (C=O) groups excluding carboxylic acids is 2. The molecule has 186 valence electrons. The first-order chi connectivity index (χ1) is 16.3. The number of rotatable bonds is 12. The lowest BCUT2D eigenvalue weighted by Gasteiger charge is -2.16. The van der Waals surface area contributed by atoms with Crippen LogP contribution >= 0.6 is 20.7 Å². The minimum atomic E-state index is -1.45. The van der Waals surface area contributed by atoms with E-state index in [-0.39, 0.29) is 37.3 Å². The van der Waals surface area contributed by atoms with Gasteiger partial charge in [-0.2, -0.15) is 0 Å². The van der Waals surface area contributed by atoms with Crippen molar-refractivity contribution < 1.29 is 37.5 Å². The van der Waals surface area contributed by atoms with Crippen molar-refractivity contribution >= 4 is 48.5 Å². The monoisotopic (exact) mass is 596 g/mol. The highest BCUT2D eigenvalue weighted by Crippen LogP contribution is 2.29. The molecule has 0 aromatic heterocycles. The zero-order chi connectivity index (χ0) is 25.1. The van der Waals surface area contributed by atoms with E-state index in [9.17, 15) is 22.8 Å². The smallest absolute Gasteiger partial charge is 0.277 e. The molecule has 4 N–H and O–H groups in total. The Morgan fingerprint density at radius 1 is 1.24 bits per heavy atom. The van der Waals surface area contributed by atoms with Crippen molar-refractivity contribution in [3.8, 4) is 0 Å². The number of halogens is 4. The standard InChI is InChI=1S/C21H24F3IN4O5/c1-12(2)20(31)26-5-7-33-27-11-13-9-14(21(32)29-34-8-6-30)19(18(24)17(13)23)28-16-3-4-25-10-15(16)22/h3-4,9-12,28,30H,5-8H2,1-2H3,(H,26,31)(H,29,32)/b27-11+. The van der Waals surface area contributed by atoms with Crippen LogP contribution in [0.25, 0.3) is 0 Å². The number of aliphatic hydroxyl groups is 1. The summed E-state index contributed by atoms with van der Waals surface area (Å²) in [5, 5.41) is 17.3. The lowest BCUT2D eigenvalue weighted by molar-refractivity contribution is -0.124. The number of hydroxylamine groups is 1. The molecule has 2 rings (SSSR count). The molecule has 0 saturated heterocycles. The summed E-state index contributed by atoms with van der Waals surface area (Å²) in [5.74, 6) is -4.81. The number of allylic oxidation sites excluding steroid dienone is 2. The first-order valence-electron chi connectivity index (χ1n) is 10.0. The van der Waals surface area contributed by atoms with Crippen molar-refractivity contribution in [1.82, 2.24) is 10.8 Å². The normalized spacial score (nSPS) is 13.3. The Balaban J connectivity index is 2.25. The first-order valence-corrected chi connectivity index (χ1v) is 12.5. The Kier molecular flexibility index (Phi) is 11.2. The van der Waals surface area contributed by atoms with Crippen molar-refractivity contribution in [3.63, 3.8) is 0 Å². The van der Waals surface area contributed by atoms with Crippen molar-refractivity contribution in [1.29, 1.82) is 0 Å². The van der Waals surface area contributed by atoms with E-state index in [0.717, 1.165) is 12.3 Å². The summed E-state index contributed by atoms with van der Waals surface area (Å²) in [5.41, 5.74) is 0.415. The molecular weight excluding hydrogens is 572 g/mol. The number of nitrogens with zero attached hydrogens (tertiary/aromatic N) is 1. The minimum absolute atomic E-state index is 0.0278. The third-order valence-corrected chi connectivity index (χ3v) is 5.78. The second-order valence-corrected chi connectivity index (χ2v) is 9.01. The molecule has 1 heterocycles. The molecule has 0 saturated carbocycles. The Labute approximate surface area is 203 Å². The summed E-state index contributed by atoms with van der Waals surface area (Å²) in [6.45, 7) is 2.94. The molecule has 0 unspecified atom stereocenters. The predicted molar refractivity (Wildman–Crippen MR) is 129 cm³/mol. The molecule has 0 bridgehead atoms. The quantitative estimate of drug-likeness (QED) is 0.128. The van der Waals surface area contributed by atoms with Crippen molar-refractivity contribution in [2.75, 3.05) is 31.7 Å². The van der Waals surface area contributed by atoms with Crippen molar-refractivity contribution in [2.24, 2.45) is 11.1 Å². The fraction of sp³-hybridized carbons (Fsp3) is 0.333. The average Bonchev–Trinajstić information content (AvgIpc) is 2.81. The highest BCUT2D eigenvalue weighted by atomic mass is 127. The molecular formula is C21H24F3IN4O5. The summed E-state index contributed by atoms with van der Waals surface area (Å²) < 4.78 is 46.7. The number of amides is 2. The van der Waals surface area contributed by atoms with Gasteiger partial charge in [0, 0.05) is 15.5 Å². The third kappa shape index (κ3) is 7.92. The van der Waals surface area contributed by atoms with E-state index in [1.54, 1.807) is 17.9 Å². The van der Waals surface area contributed by atoms with Crippen LogP contribution in [0.1, 0.15) is 29.8 Å². The number of hydrogen-bond donors (Lipinski definition) is 4. The number of oxime groups is 1. The molecule has 0 spiro atoms. The van der Waals surface area contributed by atoms with Gasteiger partial charge in [-0.25, -0.2) is 18.7 Å². The third-order valence-electron chi connectivity index (χ3n) is 4.10. The van der Waals surface area contributed by atoms with Gasteiger partial charge in [0.1, 0.15) is 6.61 Å². The predicted octanol–water partition coefficient (Wildman–Crippen LogP) is 2.63. The maximum atomic E-state index is 14.9. The molecule has 9 nitrogen and oxygen atoms in total. The molecule has 0 radical (unpaired) electrons. The van der Waals surface area contributed by atoms with Gasteiger partial charge in [0.2, 0.25) is 5.91 Å². The van der Waals surface area contributed by atoms with Gasteiger partial charge in [0.15, 0.2) is 17.5 Å². The van der Waals surface area contributed by atoms with Crippen LogP contribution in [-0.2, 0) is 14.5 Å². The van der Waals surface area contributed by atoms with Crippen LogP contribution in [0.2, 0.25) is 0 Å². The van der Waals surface area contributed by atoms with E-state index >= 15 is 0 Å². The lowest BCUT2D eigenvalue weighted by atomic mass is 10.1. The van der Waals surface area contributed by atoms with Crippen LogP contribution in [0.4, 0.5) is 18.9 Å². The lowest BCUT2D eigenvalue weighted by Crippen LogP contribution is -2.30. The van der Waals surface area contributed by atoms with Crippen LogP contribution in [0.15, 0.2) is 32.9 Å². The topological polar surface area (TPSA) is 121 Å². The van der Waals surface area contributed by atoms with E-state index in [1.807, 2.05) is 5.48 Å². The molecule has 1 aromatic carbocycles. The summed E-state index contributed by atoms with van der Waals surface area (Å²) in [4.78, 5) is 33.7. The van der Waals surface area contributed by atoms with Gasteiger partial charge in [0.05, 0.1) is 42.9 Å². The average molecular weight is 596 g/mol. The molecule has 0 atom stereocenters. The minimum Gasteiger partial charge on any atom is -0.394 e. The largest absolute Gasteiger partial charge is 0.394 e. The van der Waals surface area contributed by atoms with Crippen molar-refractivity contribution in [2.45, 2.75) is 13.8 Å². The zero-order valence-corrected chi connectivity index (χ0v) is 20.5. The number of hydrogen-bond acceptors (Lipinski definition) is 7. The molecule has 1 aromatic rings. The van der Waals surface area contributed by atoms with Gasteiger partial charge in [-0.1, -0.05) is 39.7 Å². The second-order valence-electron chi connectivity index (χ2n) is 6.95. The van der Waals surface area contributed by atoms with Crippen LogP contribution < -0.4 is 16.1 Å². The maximum Gasteiger partial charge on any atom is 0.277 e. The van der Waals surface area contributed by atoms with Gasteiger partial charge in [0.25, 0.3) is 5.91 Å². The van der Waals surface area contributed by atoms with Gasteiger partial charge < -0.3 is 20.6 Å². The van der Waals surface area contributed by atoms with Gasteiger partial charge in [-0.05, 0) is 16.2 Å². The SMILES string of the molecule is CC(C)C(=O)NCCO/N=C/c1cc(C(=O)NOCCO)c(NC2=C(F)C=IC=C2)c(F)c1F. The van der Waals surface area contributed by atoms with Crippen LogP contribution in [0.3, 0.4) is 0 Å². The van der Waals surface area contributed by atoms with Crippen LogP contribution in [-0.4, -0.2) is 53.5 Å². The number of anilines is 1. The summed E-state index contributed by atoms with van der Waals surface area (Å²) in [6.07, 6.45) is 2.24. The molecule has 2 amide bonds. The number of aliphatic hydroxyl groups excluding tert-OH is 1. The summed E-state index contributed by atoms with van der Waals surface area (Å²) >= 11 is -0.623. The molecule has 34 heavy (non-hydrogen) atoms. The van der Waals surface area contributed by atoms with E-state index in [2.05, 4.69) is 15.8 Å². The molecule has 0 aliphatic carbocycles. The Morgan fingerprint density at radius 2 is 2.00 bits per heavy atom.